The Hall–Kier alpha value is -2.02. The van der Waals surface area contributed by atoms with Crippen molar-refractivity contribution in [2.75, 3.05) is 0 Å². The van der Waals surface area contributed by atoms with Crippen LogP contribution in [0, 0.1) is 0 Å². The lowest BCUT2D eigenvalue weighted by molar-refractivity contribution is 0.861. The Morgan fingerprint density at radius 3 is 2.32 bits per heavy atom. The predicted molar refractivity (Wildman–Crippen MR) is 81.5 cm³/mol. The molecule has 0 N–H and O–H groups in total. The number of hydrogen-bond donors (Lipinski definition) is 0. The molecule has 0 fully saturated rings. The number of para-hydroxylation sites is 1. The average molecular weight is 249 g/mol. The maximum Gasteiger partial charge on any atom is 0.0482 e. The van der Waals surface area contributed by atoms with Gasteiger partial charge in [0.05, 0.1) is 0 Å². The van der Waals surface area contributed by atoms with E-state index in [9.17, 15) is 0 Å². The number of aryl methyl sites for hydroxylation is 2. The van der Waals surface area contributed by atoms with E-state index in [2.05, 4.69) is 73.1 Å². The fraction of sp³-hybridized carbons (Fsp3) is 0.222. The van der Waals surface area contributed by atoms with Crippen molar-refractivity contribution in [3.05, 3.63) is 71.4 Å². The van der Waals surface area contributed by atoms with Gasteiger partial charge in [-0.3, -0.25) is 0 Å². The summed E-state index contributed by atoms with van der Waals surface area (Å²) in [5.74, 6) is 0. The molecule has 0 amide bonds. The molecule has 0 bridgehead atoms. The average Bonchev–Trinajstić information content (AvgIpc) is 2.73. The van der Waals surface area contributed by atoms with Crippen molar-refractivity contribution in [1.82, 2.24) is 4.57 Å². The van der Waals surface area contributed by atoms with Crippen LogP contribution in [0.5, 0.6) is 0 Å². The van der Waals surface area contributed by atoms with Gasteiger partial charge in [-0.15, -0.1) is 0 Å². The minimum Gasteiger partial charge on any atom is -0.347 e. The van der Waals surface area contributed by atoms with E-state index < -0.39 is 0 Å². The smallest absolute Gasteiger partial charge is 0.0482 e. The van der Waals surface area contributed by atoms with Crippen LogP contribution in [0.15, 0.2) is 54.6 Å². The van der Waals surface area contributed by atoms with Crippen LogP contribution in [-0.2, 0) is 19.9 Å². The molecule has 0 aliphatic heterocycles. The molecular weight excluding hydrogens is 230 g/mol. The highest BCUT2D eigenvalue weighted by atomic mass is 14.9. The molecule has 0 radical (unpaired) electrons. The van der Waals surface area contributed by atoms with Gasteiger partial charge in [0, 0.05) is 30.1 Å². The summed E-state index contributed by atoms with van der Waals surface area (Å²) in [7, 11) is 2.18. The summed E-state index contributed by atoms with van der Waals surface area (Å²) in [4.78, 5) is 0. The van der Waals surface area contributed by atoms with Crippen LogP contribution in [0.4, 0.5) is 0 Å². The van der Waals surface area contributed by atoms with Gasteiger partial charge in [-0.1, -0.05) is 55.5 Å². The first-order valence-electron chi connectivity index (χ1n) is 6.90. The molecule has 2 aromatic carbocycles. The van der Waals surface area contributed by atoms with E-state index in [-0.39, 0.29) is 0 Å². The Bertz CT molecular complexity index is 692. The largest absolute Gasteiger partial charge is 0.347 e. The molecule has 1 aromatic heterocycles. The number of rotatable bonds is 3. The van der Waals surface area contributed by atoms with Crippen LogP contribution in [0.1, 0.15) is 23.7 Å². The summed E-state index contributed by atoms with van der Waals surface area (Å²) >= 11 is 0. The maximum absolute atomic E-state index is 2.35. The van der Waals surface area contributed by atoms with Crippen molar-refractivity contribution in [3.63, 3.8) is 0 Å². The third-order valence-corrected chi connectivity index (χ3v) is 3.91. The van der Waals surface area contributed by atoms with Gasteiger partial charge in [0.1, 0.15) is 0 Å². The van der Waals surface area contributed by atoms with Crippen molar-refractivity contribution in [2.24, 2.45) is 7.05 Å². The maximum atomic E-state index is 2.35. The van der Waals surface area contributed by atoms with Crippen molar-refractivity contribution in [1.29, 1.82) is 0 Å². The lowest BCUT2D eigenvalue weighted by Gasteiger charge is -2.07. The fourth-order valence-corrected chi connectivity index (χ4v) is 2.93. The quantitative estimate of drug-likeness (QED) is 0.651. The third kappa shape index (κ3) is 2.06. The van der Waals surface area contributed by atoms with Crippen molar-refractivity contribution < 1.29 is 0 Å². The monoisotopic (exact) mass is 249 g/mol. The van der Waals surface area contributed by atoms with E-state index in [4.69, 9.17) is 0 Å². The zero-order chi connectivity index (χ0) is 13.2. The second-order valence-corrected chi connectivity index (χ2v) is 5.02. The van der Waals surface area contributed by atoms with E-state index in [0.29, 0.717) is 0 Å². The van der Waals surface area contributed by atoms with E-state index in [1.165, 1.54) is 27.7 Å². The topological polar surface area (TPSA) is 4.93 Å². The van der Waals surface area contributed by atoms with Crippen molar-refractivity contribution in [2.45, 2.75) is 19.8 Å². The molecule has 19 heavy (non-hydrogen) atoms. The second kappa shape index (κ2) is 4.93. The molecule has 1 heteroatoms. The number of aromatic nitrogens is 1. The lowest BCUT2D eigenvalue weighted by Crippen LogP contribution is -2.00. The summed E-state index contributed by atoms with van der Waals surface area (Å²) in [5, 5.41) is 1.40. The summed E-state index contributed by atoms with van der Waals surface area (Å²) in [6.07, 6.45) is 2.10. The summed E-state index contributed by atoms with van der Waals surface area (Å²) < 4.78 is 2.35. The zero-order valence-corrected chi connectivity index (χ0v) is 11.6. The highest BCUT2D eigenvalue weighted by molar-refractivity contribution is 5.85. The Balaban J connectivity index is 2.15. The molecule has 3 aromatic rings. The number of hydrogen-bond acceptors (Lipinski definition) is 0. The first-order valence-corrected chi connectivity index (χ1v) is 6.90. The molecule has 0 saturated carbocycles. The van der Waals surface area contributed by atoms with Gasteiger partial charge in [-0.2, -0.15) is 0 Å². The van der Waals surface area contributed by atoms with Crippen LogP contribution in [0.25, 0.3) is 10.9 Å². The first-order chi connectivity index (χ1) is 9.31. The highest BCUT2D eigenvalue weighted by Crippen LogP contribution is 2.27. The van der Waals surface area contributed by atoms with Crippen LogP contribution in [0.2, 0.25) is 0 Å². The van der Waals surface area contributed by atoms with E-state index in [1.807, 2.05) is 0 Å². The van der Waals surface area contributed by atoms with Crippen LogP contribution >= 0.6 is 0 Å². The first kappa shape index (κ1) is 12.0. The van der Waals surface area contributed by atoms with Crippen LogP contribution in [-0.4, -0.2) is 4.57 Å². The third-order valence-electron chi connectivity index (χ3n) is 3.91. The minimum atomic E-state index is 1.01. The van der Waals surface area contributed by atoms with E-state index in [0.717, 1.165) is 12.8 Å². The Labute approximate surface area is 114 Å². The molecule has 96 valence electrons. The molecule has 0 aliphatic rings. The zero-order valence-electron chi connectivity index (χ0n) is 11.6. The lowest BCUT2D eigenvalue weighted by atomic mass is 10.0. The predicted octanol–water partition coefficient (Wildman–Crippen LogP) is 4.33. The molecular formula is C18H19N. The van der Waals surface area contributed by atoms with Gasteiger partial charge in [0.2, 0.25) is 0 Å². The summed E-state index contributed by atoms with van der Waals surface area (Å²) in [5.41, 5.74) is 5.64. The van der Waals surface area contributed by atoms with Gasteiger partial charge in [0.15, 0.2) is 0 Å². The minimum absolute atomic E-state index is 1.01. The number of fused-ring (bicyclic) bond motifs is 1. The summed E-state index contributed by atoms with van der Waals surface area (Å²) in [6, 6.07) is 19.4. The van der Waals surface area contributed by atoms with Crippen molar-refractivity contribution >= 4 is 10.9 Å². The molecule has 0 saturated heterocycles. The molecule has 3 rings (SSSR count). The van der Waals surface area contributed by atoms with Gasteiger partial charge < -0.3 is 4.57 Å². The van der Waals surface area contributed by atoms with Gasteiger partial charge in [-0.05, 0) is 23.6 Å². The van der Waals surface area contributed by atoms with Gasteiger partial charge >= 0.3 is 0 Å². The van der Waals surface area contributed by atoms with E-state index in [1.54, 1.807) is 0 Å². The summed E-state index contributed by atoms with van der Waals surface area (Å²) in [6.45, 7) is 2.25. The standard InChI is InChI=1S/C18H19N/c1-3-15-16-11-7-8-12-17(16)19(2)18(15)13-14-9-5-4-6-10-14/h4-12H,3,13H2,1-2H3. The molecule has 1 nitrogen and oxygen atoms in total. The molecule has 0 atom stereocenters. The fourth-order valence-electron chi connectivity index (χ4n) is 2.93. The Morgan fingerprint density at radius 2 is 1.58 bits per heavy atom. The number of nitrogens with zero attached hydrogens (tertiary/aromatic N) is 1. The molecule has 1 heterocycles. The van der Waals surface area contributed by atoms with Crippen LogP contribution in [0.3, 0.4) is 0 Å². The van der Waals surface area contributed by atoms with Gasteiger partial charge in [-0.25, -0.2) is 0 Å². The van der Waals surface area contributed by atoms with Crippen molar-refractivity contribution in [3.8, 4) is 0 Å². The molecule has 0 spiro atoms. The number of benzene rings is 2. The highest BCUT2D eigenvalue weighted by Gasteiger charge is 2.13. The Kier molecular flexibility index (Phi) is 3.12. The van der Waals surface area contributed by atoms with Crippen LogP contribution < -0.4 is 0 Å². The SMILES string of the molecule is CCc1c(Cc2ccccc2)n(C)c2ccccc12. The normalized spacial score (nSPS) is 11.1. The van der Waals surface area contributed by atoms with E-state index >= 15 is 0 Å². The molecule has 0 unspecified atom stereocenters. The Morgan fingerprint density at radius 1 is 0.895 bits per heavy atom. The van der Waals surface area contributed by atoms with Gasteiger partial charge in [0.25, 0.3) is 0 Å². The molecule has 0 aliphatic carbocycles. The second-order valence-electron chi connectivity index (χ2n) is 5.02.